The van der Waals surface area contributed by atoms with Gasteiger partial charge in [0.05, 0.1) is 17.8 Å². The average molecular weight is 643 g/mol. The van der Waals surface area contributed by atoms with Crippen molar-refractivity contribution in [1.29, 1.82) is 0 Å². The number of ether oxygens (including phenoxy) is 2. The number of hydrogen-bond acceptors (Lipinski definition) is 8. The Labute approximate surface area is 278 Å². The van der Waals surface area contributed by atoms with Gasteiger partial charge in [-0.15, -0.1) is 0 Å². The van der Waals surface area contributed by atoms with Gasteiger partial charge in [-0.25, -0.2) is 19.6 Å². The van der Waals surface area contributed by atoms with Crippen molar-refractivity contribution < 1.29 is 24.2 Å². The fourth-order valence-corrected chi connectivity index (χ4v) is 5.60. The minimum Gasteiger partial charge on any atom is -0.507 e. The molecule has 3 heterocycles. The van der Waals surface area contributed by atoms with E-state index in [2.05, 4.69) is 24.3 Å². The average Bonchev–Trinajstić information content (AvgIpc) is 3.43. The molecule has 11 heteroatoms. The molecule has 0 spiro atoms. The Kier molecular flexibility index (Phi) is 9.45. The number of piperazine rings is 1. The summed E-state index contributed by atoms with van der Waals surface area (Å²) in [4.78, 5) is 42.9. The maximum Gasteiger partial charge on any atom is 0.347 e. The summed E-state index contributed by atoms with van der Waals surface area (Å²) in [6, 6.07) is 23.9. The third-order valence-electron chi connectivity index (χ3n) is 8.19. The number of para-hydroxylation sites is 2. The van der Waals surface area contributed by atoms with E-state index in [1.165, 1.54) is 12.1 Å². The minimum absolute atomic E-state index is 0.0246. The highest BCUT2D eigenvalue weighted by Gasteiger charge is 2.26. The first-order chi connectivity index (χ1) is 23.3. The lowest BCUT2D eigenvalue weighted by Gasteiger charge is -2.35. The van der Waals surface area contributed by atoms with E-state index in [1.54, 1.807) is 53.4 Å². The van der Waals surface area contributed by atoms with Crippen molar-refractivity contribution in [2.45, 2.75) is 26.9 Å². The molecule has 0 atom stereocenters. The van der Waals surface area contributed by atoms with Crippen molar-refractivity contribution in [3.8, 4) is 23.1 Å². The fraction of sp³-hybridized carbons (Fsp3) is 0.216. The second-order valence-electron chi connectivity index (χ2n) is 11.5. The van der Waals surface area contributed by atoms with Crippen LogP contribution in [0.25, 0.3) is 4.85 Å². The van der Waals surface area contributed by atoms with Crippen LogP contribution in [0.15, 0.2) is 91.1 Å². The van der Waals surface area contributed by atoms with Gasteiger partial charge in [-0.1, -0.05) is 42.5 Å². The highest BCUT2D eigenvalue weighted by Crippen LogP contribution is 2.33. The maximum absolute atomic E-state index is 13.6. The van der Waals surface area contributed by atoms with E-state index < -0.39 is 5.97 Å². The molecule has 48 heavy (non-hydrogen) atoms. The van der Waals surface area contributed by atoms with E-state index in [0.29, 0.717) is 56.6 Å². The number of pyridine rings is 1. The second-order valence-corrected chi connectivity index (χ2v) is 11.5. The summed E-state index contributed by atoms with van der Waals surface area (Å²) in [6.45, 7) is 14.9. The molecule has 11 nitrogen and oxygen atoms in total. The third kappa shape index (κ3) is 7.19. The number of rotatable bonds is 9. The number of aromatic nitrogens is 3. The number of nitrogens with zero attached hydrogens (tertiary/aromatic N) is 6. The lowest BCUT2D eigenvalue weighted by Crippen LogP contribution is -2.48. The summed E-state index contributed by atoms with van der Waals surface area (Å²) in [5.74, 6) is 0.752. The molecule has 1 saturated heterocycles. The van der Waals surface area contributed by atoms with Gasteiger partial charge in [0.2, 0.25) is 11.6 Å². The number of amides is 1. The first-order valence-electron chi connectivity index (χ1n) is 15.5. The molecule has 0 radical (unpaired) electrons. The molecule has 3 aromatic carbocycles. The van der Waals surface area contributed by atoms with Crippen LogP contribution in [0.3, 0.4) is 0 Å². The molecular formula is C37H34N6O5. The number of aryl methyl sites for hydroxylation is 2. The summed E-state index contributed by atoms with van der Waals surface area (Å²) >= 11 is 0. The molecule has 1 fully saturated rings. The first kappa shape index (κ1) is 32.0. The third-order valence-corrected chi connectivity index (χ3v) is 8.19. The molecule has 0 saturated carbocycles. The number of esters is 1. The Morgan fingerprint density at radius 3 is 2.38 bits per heavy atom. The summed E-state index contributed by atoms with van der Waals surface area (Å²) in [5, 5.41) is 10.0. The number of phenolic OH excluding ortho intramolecular Hbond substituents is 1. The molecule has 242 valence electrons. The van der Waals surface area contributed by atoms with Crippen LogP contribution in [0.2, 0.25) is 0 Å². The molecule has 1 N–H and O–H groups in total. The molecule has 0 unspecified atom stereocenters. The van der Waals surface area contributed by atoms with Gasteiger partial charge in [-0.3, -0.25) is 9.69 Å². The predicted octanol–water partition coefficient (Wildman–Crippen LogP) is 6.17. The van der Waals surface area contributed by atoms with Gasteiger partial charge in [-0.05, 0) is 55.8 Å². The van der Waals surface area contributed by atoms with Crippen molar-refractivity contribution in [1.82, 2.24) is 24.3 Å². The zero-order chi connectivity index (χ0) is 33.6. The molecule has 2 aromatic heterocycles. The topological polar surface area (TPSA) is 114 Å². The Balaban J connectivity index is 1.10. The number of benzene rings is 3. The van der Waals surface area contributed by atoms with Crippen LogP contribution in [0.4, 0.5) is 5.69 Å². The van der Waals surface area contributed by atoms with Gasteiger partial charge < -0.3 is 24.0 Å². The molecule has 5 aromatic rings. The number of imidazole rings is 1. The number of carbonyl (C=O) groups excluding carboxylic acids is 2. The monoisotopic (exact) mass is 642 g/mol. The summed E-state index contributed by atoms with van der Waals surface area (Å²) < 4.78 is 13.7. The van der Waals surface area contributed by atoms with Crippen LogP contribution in [0, 0.1) is 20.4 Å². The maximum atomic E-state index is 13.6. The molecular weight excluding hydrogens is 608 g/mol. The normalized spacial score (nSPS) is 13.1. The molecule has 1 amide bonds. The highest BCUT2D eigenvalue weighted by molar-refractivity contribution is 5.99. The second kappa shape index (κ2) is 14.2. The van der Waals surface area contributed by atoms with Gasteiger partial charge in [0.25, 0.3) is 5.91 Å². The van der Waals surface area contributed by atoms with Crippen molar-refractivity contribution in [2.75, 3.05) is 26.2 Å². The Bertz CT molecular complexity index is 2010. The van der Waals surface area contributed by atoms with Crippen LogP contribution in [0.1, 0.15) is 43.5 Å². The van der Waals surface area contributed by atoms with Crippen molar-refractivity contribution in [3.05, 3.63) is 136 Å². The number of phenols is 1. The fourth-order valence-electron chi connectivity index (χ4n) is 5.60. The standard InChI is InChI=1S/C37H34N6O5/c1-25-9-8-14-35(40-25)47-34-21-27(15-16-31(34)38-3)23-43-26(2)39-22-28(43)24-41-17-19-42(20-18-41)36(45)30-11-5-7-13-33(30)48-37(46)29-10-4-6-12-32(29)44/h4-16,21-22,44H,17-20,23-24H2,1-2H3. The van der Waals surface area contributed by atoms with Crippen LogP contribution < -0.4 is 9.47 Å². The minimum atomic E-state index is -0.737. The lowest BCUT2D eigenvalue weighted by atomic mass is 10.1. The molecule has 0 aliphatic carbocycles. The van der Waals surface area contributed by atoms with E-state index >= 15 is 0 Å². The van der Waals surface area contributed by atoms with Crippen molar-refractivity contribution in [2.24, 2.45) is 0 Å². The largest absolute Gasteiger partial charge is 0.507 e. The highest BCUT2D eigenvalue weighted by atomic mass is 16.5. The number of aromatic hydroxyl groups is 1. The number of hydrogen-bond donors (Lipinski definition) is 1. The number of carbonyl (C=O) groups is 2. The molecule has 6 rings (SSSR count). The van der Waals surface area contributed by atoms with Gasteiger partial charge in [0.1, 0.15) is 28.6 Å². The van der Waals surface area contributed by atoms with E-state index in [1.807, 2.05) is 44.3 Å². The van der Waals surface area contributed by atoms with Crippen LogP contribution in [-0.2, 0) is 13.1 Å². The van der Waals surface area contributed by atoms with E-state index in [9.17, 15) is 14.7 Å². The summed E-state index contributed by atoms with van der Waals surface area (Å²) in [7, 11) is 0. The van der Waals surface area contributed by atoms with Gasteiger partial charge in [0.15, 0.2) is 0 Å². The van der Waals surface area contributed by atoms with Crippen molar-refractivity contribution >= 4 is 17.6 Å². The predicted molar refractivity (Wildman–Crippen MR) is 179 cm³/mol. The Morgan fingerprint density at radius 1 is 0.875 bits per heavy atom. The summed E-state index contributed by atoms with van der Waals surface area (Å²) in [5.41, 5.74) is 3.54. The molecule has 0 bridgehead atoms. The van der Waals surface area contributed by atoms with Crippen LogP contribution in [-0.4, -0.2) is 67.5 Å². The zero-order valence-electron chi connectivity index (χ0n) is 26.7. The van der Waals surface area contributed by atoms with Crippen LogP contribution in [0.5, 0.6) is 23.1 Å². The van der Waals surface area contributed by atoms with Gasteiger partial charge in [0, 0.05) is 57.2 Å². The lowest BCUT2D eigenvalue weighted by molar-refractivity contribution is 0.0617. The Morgan fingerprint density at radius 2 is 1.62 bits per heavy atom. The van der Waals surface area contributed by atoms with Crippen LogP contribution >= 0.6 is 0 Å². The van der Waals surface area contributed by atoms with E-state index in [-0.39, 0.29) is 28.5 Å². The first-order valence-corrected chi connectivity index (χ1v) is 15.5. The smallest absolute Gasteiger partial charge is 0.347 e. The van der Waals surface area contributed by atoms with Crippen molar-refractivity contribution in [3.63, 3.8) is 0 Å². The van der Waals surface area contributed by atoms with Gasteiger partial charge in [-0.2, -0.15) is 0 Å². The van der Waals surface area contributed by atoms with E-state index in [0.717, 1.165) is 22.8 Å². The quantitative estimate of drug-likeness (QED) is 0.115. The molecule has 1 aliphatic rings. The zero-order valence-corrected chi connectivity index (χ0v) is 26.7. The van der Waals surface area contributed by atoms with E-state index in [4.69, 9.17) is 16.0 Å². The SMILES string of the molecule is [C-]#[N+]c1ccc(Cn2c(CN3CCN(C(=O)c4ccccc4OC(=O)c4ccccc4O)CC3)cnc2C)cc1Oc1cccc(C)n1. The van der Waals surface area contributed by atoms with Gasteiger partial charge >= 0.3 is 5.97 Å². The molecule has 1 aliphatic heterocycles. The Hall–Kier alpha value is -5.99. The summed E-state index contributed by atoms with van der Waals surface area (Å²) in [6.07, 6.45) is 1.88.